The van der Waals surface area contributed by atoms with Gasteiger partial charge in [0.05, 0.1) is 12.4 Å². The molecule has 3 rings (SSSR count). The van der Waals surface area contributed by atoms with Crippen molar-refractivity contribution < 1.29 is 14.6 Å². The molecule has 0 amide bonds. The van der Waals surface area contributed by atoms with E-state index in [2.05, 4.69) is 5.32 Å². The number of rotatable bonds is 5. The Kier molecular flexibility index (Phi) is 4.50. The Bertz CT molecular complexity index is 622. The minimum Gasteiger partial charge on any atom is -0.508 e. The highest BCUT2D eigenvalue weighted by Gasteiger charge is 2.26. The van der Waals surface area contributed by atoms with Gasteiger partial charge in [0.25, 0.3) is 0 Å². The van der Waals surface area contributed by atoms with Crippen LogP contribution in [0.2, 0.25) is 0 Å². The number of hydrogen-bond acceptors (Lipinski definition) is 4. The molecule has 22 heavy (non-hydrogen) atoms. The molecule has 3 N–H and O–H groups in total. The summed E-state index contributed by atoms with van der Waals surface area (Å²) in [5.41, 5.74) is 3.06. The van der Waals surface area contributed by atoms with Crippen LogP contribution in [0, 0.1) is 5.92 Å². The lowest BCUT2D eigenvalue weighted by Crippen LogP contribution is -2.22. The van der Waals surface area contributed by atoms with Crippen LogP contribution in [0.15, 0.2) is 34.9 Å². The molecule has 1 aromatic heterocycles. The second kappa shape index (κ2) is 6.55. The van der Waals surface area contributed by atoms with Crippen molar-refractivity contribution in [3.8, 4) is 5.75 Å². The normalized spacial score (nSPS) is 18.9. The van der Waals surface area contributed by atoms with Crippen molar-refractivity contribution >= 4 is 0 Å². The molecule has 2 aromatic rings. The van der Waals surface area contributed by atoms with Crippen LogP contribution in [0.1, 0.15) is 35.0 Å². The van der Waals surface area contributed by atoms with Gasteiger partial charge in [-0.15, -0.1) is 0 Å². The summed E-state index contributed by atoms with van der Waals surface area (Å²) in [5, 5.41) is 23.5. The van der Waals surface area contributed by atoms with E-state index in [1.807, 2.05) is 25.2 Å². The minimum absolute atomic E-state index is 0.354. The number of furan rings is 1. The first-order valence-electron chi connectivity index (χ1n) is 7.87. The van der Waals surface area contributed by atoms with Crippen LogP contribution in [0.4, 0.5) is 0 Å². The Balaban J connectivity index is 1.85. The lowest BCUT2D eigenvalue weighted by atomic mass is 9.78. The summed E-state index contributed by atoms with van der Waals surface area (Å²) in [6.45, 7) is 0.514. The molecular weight excluding hydrogens is 278 g/mol. The van der Waals surface area contributed by atoms with Crippen LogP contribution in [0.5, 0.6) is 5.75 Å². The molecule has 118 valence electrons. The van der Waals surface area contributed by atoms with Crippen molar-refractivity contribution in [3.63, 3.8) is 0 Å². The molecule has 1 aromatic carbocycles. The maximum Gasteiger partial charge on any atom is 0.119 e. The van der Waals surface area contributed by atoms with E-state index >= 15 is 0 Å². The van der Waals surface area contributed by atoms with Crippen LogP contribution in [-0.2, 0) is 19.3 Å². The zero-order valence-corrected chi connectivity index (χ0v) is 12.9. The van der Waals surface area contributed by atoms with Gasteiger partial charge in [0.15, 0.2) is 0 Å². The van der Waals surface area contributed by atoms with Crippen LogP contribution in [0.25, 0.3) is 0 Å². The summed E-state index contributed by atoms with van der Waals surface area (Å²) in [5.74, 6) is 1.85. The molecule has 0 bridgehead atoms. The number of aliphatic hydroxyl groups is 1. The molecule has 2 unspecified atom stereocenters. The summed E-state index contributed by atoms with van der Waals surface area (Å²) in [6, 6.07) is 7.49. The molecule has 4 heteroatoms. The SMILES string of the molecule is CNCC(O)c1ccc(O)c2c1CC(Cc1ccco1)CC2. The van der Waals surface area contributed by atoms with E-state index in [9.17, 15) is 10.2 Å². The molecule has 0 aliphatic heterocycles. The molecule has 0 fully saturated rings. The van der Waals surface area contributed by atoms with Gasteiger partial charge in [-0.25, -0.2) is 0 Å². The summed E-state index contributed by atoms with van der Waals surface area (Å²) in [7, 11) is 1.83. The molecule has 2 atom stereocenters. The van der Waals surface area contributed by atoms with Gasteiger partial charge in [-0.1, -0.05) is 6.07 Å². The number of aromatic hydroxyl groups is 1. The monoisotopic (exact) mass is 301 g/mol. The fourth-order valence-corrected chi connectivity index (χ4v) is 3.46. The highest BCUT2D eigenvalue weighted by Crippen LogP contribution is 2.37. The van der Waals surface area contributed by atoms with Gasteiger partial charge in [-0.3, -0.25) is 0 Å². The van der Waals surface area contributed by atoms with Crippen molar-refractivity contribution in [3.05, 3.63) is 53.0 Å². The molecule has 1 aliphatic carbocycles. The molecule has 0 saturated carbocycles. The first kappa shape index (κ1) is 15.1. The Morgan fingerprint density at radius 1 is 1.32 bits per heavy atom. The fourth-order valence-electron chi connectivity index (χ4n) is 3.46. The van der Waals surface area contributed by atoms with E-state index < -0.39 is 6.10 Å². The third-order valence-electron chi connectivity index (χ3n) is 4.56. The predicted octanol–water partition coefficient (Wildman–Crippen LogP) is 2.59. The van der Waals surface area contributed by atoms with Gasteiger partial charge in [-0.05, 0) is 67.1 Å². The van der Waals surface area contributed by atoms with Crippen molar-refractivity contribution in [2.75, 3.05) is 13.6 Å². The Morgan fingerprint density at radius 2 is 2.18 bits per heavy atom. The number of fused-ring (bicyclic) bond motifs is 1. The van der Waals surface area contributed by atoms with Crippen molar-refractivity contribution in [1.29, 1.82) is 0 Å². The van der Waals surface area contributed by atoms with E-state index in [1.54, 1.807) is 12.3 Å². The molecular formula is C18H23NO3. The van der Waals surface area contributed by atoms with E-state index in [1.165, 1.54) is 0 Å². The second-order valence-electron chi connectivity index (χ2n) is 6.10. The van der Waals surface area contributed by atoms with Gasteiger partial charge in [0, 0.05) is 13.0 Å². The lowest BCUT2D eigenvalue weighted by Gasteiger charge is -2.28. The van der Waals surface area contributed by atoms with Crippen molar-refractivity contribution in [2.45, 2.75) is 31.8 Å². The van der Waals surface area contributed by atoms with Gasteiger partial charge >= 0.3 is 0 Å². The topological polar surface area (TPSA) is 65.6 Å². The van der Waals surface area contributed by atoms with Crippen LogP contribution in [-0.4, -0.2) is 23.8 Å². The number of aliphatic hydroxyl groups excluding tert-OH is 1. The zero-order chi connectivity index (χ0) is 15.5. The average molecular weight is 301 g/mol. The Morgan fingerprint density at radius 3 is 2.91 bits per heavy atom. The summed E-state index contributed by atoms with van der Waals surface area (Å²) in [4.78, 5) is 0. The molecule has 4 nitrogen and oxygen atoms in total. The van der Waals surface area contributed by atoms with E-state index in [4.69, 9.17) is 4.42 Å². The summed E-state index contributed by atoms with van der Waals surface area (Å²) < 4.78 is 5.46. The molecule has 1 aliphatic rings. The van der Waals surface area contributed by atoms with Crippen molar-refractivity contribution in [2.24, 2.45) is 5.92 Å². The van der Waals surface area contributed by atoms with E-state index in [-0.39, 0.29) is 0 Å². The van der Waals surface area contributed by atoms with Crippen LogP contribution < -0.4 is 5.32 Å². The highest BCUT2D eigenvalue weighted by molar-refractivity contribution is 5.47. The number of nitrogens with one attached hydrogen (secondary N) is 1. The first-order valence-corrected chi connectivity index (χ1v) is 7.87. The summed E-state index contributed by atoms with van der Waals surface area (Å²) in [6.07, 6.45) is 4.84. The Hall–Kier alpha value is -1.78. The largest absolute Gasteiger partial charge is 0.508 e. The van der Waals surface area contributed by atoms with Gasteiger partial charge in [0.1, 0.15) is 11.5 Å². The number of hydrogen-bond donors (Lipinski definition) is 3. The van der Waals surface area contributed by atoms with Crippen LogP contribution in [0.3, 0.4) is 0 Å². The van der Waals surface area contributed by atoms with Crippen LogP contribution >= 0.6 is 0 Å². The smallest absolute Gasteiger partial charge is 0.119 e. The molecule has 0 spiro atoms. The second-order valence-corrected chi connectivity index (χ2v) is 6.10. The minimum atomic E-state index is -0.540. The maximum atomic E-state index is 10.3. The number of benzene rings is 1. The zero-order valence-electron chi connectivity index (χ0n) is 12.9. The van der Waals surface area contributed by atoms with Gasteiger partial charge < -0.3 is 19.9 Å². The van der Waals surface area contributed by atoms with E-state index in [0.29, 0.717) is 18.2 Å². The third-order valence-corrected chi connectivity index (χ3v) is 4.56. The number of phenols is 1. The quantitative estimate of drug-likeness (QED) is 0.794. The number of phenolic OH excluding ortho intramolecular Hbond substituents is 1. The molecule has 1 heterocycles. The average Bonchev–Trinajstić information content (AvgIpc) is 3.00. The Labute approximate surface area is 130 Å². The highest BCUT2D eigenvalue weighted by atomic mass is 16.3. The van der Waals surface area contributed by atoms with Gasteiger partial charge in [-0.2, -0.15) is 0 Å². The van der Waals surface area contributed by atoms with E-state index in [0.717, 1.165) is 48.1 Å². The molecule has 0 radical (unpaired) electrons. The summed E-state index contributed by atoms with van der Waals surface area (Å²) >= 11 is 0. The molecule has 0 saturated heterocycles. The predicted molar refractivity (Wildman–Crippen MR) is 84.9 cm³/mol. The maximum absolute atomic E-state index is 10.3. The lowest BCUT2D eigenvalue weighted by molar-refractivity contribution is 0.175. The fraction of sp³-hybridized carbons (Fsp3) is 0.444. The first-order chi connectivity index (χ1) is 10.7. The standard InChI is InChI=1S/C18H23NO3/c1-19-11-18(21)15-6-7-17(20)14-5-4-12(10-16(14)15)9-13-3-2-8-22-13/h2-3,6-8,12,18-21H,4-5,9-11H2,1H3. The third kappa shape index (κ3) is 3.03. The number of likely N-dealkylation sites (N-methyl/N-ethyl adjacent to an activating group) is 1. The van der Waals surface area contributed by atoms with Gasteiger partial charge in [0.2, 0.25) is 0 Å². The van der Waals surface area contributed by atoms with Crippen molar-refractivity contribution in [1.82, 2.24) is 5.32 Å².